The summed E-state index contributed by atoms with van der Waals surface area (Å²) in [6.07, 6.45) is 5.91. The van der Waals surface area contributed by atoms with E-state index in [1.54, 1.807) is 23.1 Å². The third kappa shape index (κ3) is 1.95. The van der Waals surface area contributed by atoms with Crippen LogP contribution in [0.25, 0.3) is 0 Å². The zero-order valence-electron chi connectivity index (χ0n) is 7.30. The van der Waals surface area contributed by atoms with Gasteiger partial charge in [-0.1, -0.05) is 17.8 Å². The lowest BCUT2D eigenvalue weighted by Crippen LogP contribution is -1.97. The summed E-state index contributed by atoms with van der Waals surface area (Å²) in [4.78, 5) is 5.61. The van der Waals surface area contributed by atoms with E-state index in [1.807, 2.05) is 18.6 Å². The lowest BCUT2D eigenvalue weighted by molar-refractivity contribution is 0.718. The Morgan fingerprint density at radius 2 is 2.54 bits per heavy atom. The summed E-state index contributed by atoms with van der Waals surface area (Å²) in [6, 6.07) is 4.23. The van der Waals surface area contributed by atoms with Gasteiger partial charge in [0.15, 0.2) is 5.16 Å². The molecule has 0 bridgehead atoms. The molecule has 0 saturated heterocycles. The highest BCUT2D eigenvalue weighted by Crippen LogP contribution is 2.16. The minimum absolute atomic E-state index is 0.938. The molecular weight excluding hydrogens is 200 g/mol. The fraction of sp³-hybridized carbons (Fsp3) is 0.222. The van der Waals surface area contributed by atoms with E-state index in [2.05, 4.69) is 27.1 Å². The van der Waals surface area contributed by atoms with Gasteiger partial charge in [-0.15, -0.1) is 11.3 Å². The minimum atomic E-state index is 0.938. The van der Waals surface area contributed by atoms with Crippen LogP contribution in [-0.4, -0.2) is 15.8 Å². The molecule has 0 spiro atoms. The van der Waals surface area contributed by atoms with Gasteiger partial charge in [-0.2, -0.15) is 0 Å². The smallest absolute Gasteiger partial charge is 0.167 e. The van der Waals surface area contributed by atoms with Crippen LogP contribution in [0.4, 0.5) is 0 Å². The summed E-state index contributed by atoms with van der Waals surface area (Å²) >= 11 is 3.46. The van der Waals surface area contributed by atoms with Gasteiger partial charge in [0.2, 0.25) is 0 Å². The first-order valence-electron chi connectivity index (χ1n) is 3.97. The molecule has 4 heteroatoms. The first kappa shape index (κ1) is 8.84. The van der Waals surface area contributed by atoms with Crippen LogP contribution in [-0.2, 0) is 6.54 Å². The molecule has 0 atom stereocenters. The predicted octanol–water partition coefficient (Wildman–Crippen LogP) is 2.71. The van der Waals surface area contributed by atoms with Crippen molar-refractivity contribution in [3.8, 4) is 0 Å². The maximum Gasteiger partial charge on any atom is 0.167 e. The normalized spacial score (nSPS) is 10.5. The molecule has 2 aromatic rings. The number of hydrogen-bond donors (Lipinski definition) is 0. The van der Waals surface area contributed by atoms with Crippen molar-refractivity contribution in [2.45, 2.75) is 11.7 Å². The van der Waals surface area contributed by atoms with Gasteiger partial charge in [0, 0.05) is 17.3 Å². The van der Waals surface area contributed by atoms with Crippen molar-refractivity contribution >= 4 is 23.1 Å². The molecule has 0 fully saturated rings. The summed E-state index contributed by atoms with van der Waals surface area (Å²) in [6.45, 7) is 0.938. The van der Waals surface area contributed by atoms with Crippen LogP contribution in [0.1, 0.15) is 4.88 Å². The number of thioether (sulfide) groups is 1. The van der Waals surface area contributed by atoms with Crippen LogP contribution in [0.2, 0.25) is 0 Å². The molecule has 2 rings (SSSR count). The van der Waals surface area contributed by atoms with E-state index in [1.165, 1.54) is 4.88 Å². The van der Waals surface area contributed by atoms with Gasteiger partial charge in [0.25, 0.3) is 0 Å². The SMILES string of the molecule is CSc1nccn1Cc1cccs1. The molecule has 68 valence electrons. The quantitative estimate of drug-likeness (QED) is 0.725. The van der Waals surface area contributed by atoms with Gasteiger partial charge < -0.3 is 4.57 Å². The molecule has 0 N–H and O–H groups in total. The molecule has 0 radical (unpaired) electrons. The number of nitrogens with zero attached hydrogens (tertiary/aromatic N) is 2. The van der Waals surface area contributed by atoms with Crippen molar-refractivity contribution in [1.29, 1.82) is 0 Å². The van der Waals surface area contributed by atoms with E-state index >= 15 is 0 Å². The number of hydrogen-bond acceptors (Lipinski definition) is 3. The Kier molecular flexibility index (Phi) is 2.71. The minimum Gasteiger partial charge on any atom is -0.321 e. The molecule has 2 nitrogen and oxygen atoms in total. The van der Waals surface area contributed by atoms with Crippen LogP contribution in [0.3, 0.4) is 0 Å². The molecule has 2 aromatic heterocycles. The molecule has 13 heavy (non-hydrogen) atoms. The van der Waals surface area contributed by atoms with E-state index < -0.39 is 0 Å². The summed E-state index contributed by atoms with van der Waals surface area (Å²) < 4.78 is 2.16. The Bertz CT molecular complexity index is 365. The van der Waals surface area contributed by atoms with Crippen LogP contribution in [0.5, 0.6) is 0 Å². The van der Waals surface area contributed by atoms with Gasteiger partial charge in [0.05, 0.1) is 6.54 Å². The summed E-state index contributed by atoms with van der Waals surface area (Å²) in [5.41, 5.74) is 0. The third-order valence-corrected chi connectivity index (χ3v) is 3.33. The monoisotopic (exact) mass is 210 g/mol. The molecule has 0 aliphatic rings. The van der Waals surface area contributed by atoms with Crippen molar-refractivity contribution in [2.24, 2.45) is 0 Å². The van der Waals surface area contributed by atoms with Crippen LogP contribution >= 0.6 is 23.1 Å². The summed E-state index contributed by atoms with van der Waals surface area (Å²) in [5.74, 6) is 0. The lowest BCUT2D eigenvalue weighted by atomic mass is 10.5. The zero-order chi connectivity index (χ0) is 9.10. The highest BCUT2D eigenvalue weighted by molar-refractivity contribution is 7.98. The highest BCUT2D eigenvalue weighted by Gasteiger charge is 2.01. The van der Waals surface area contributed by atoms with Crippen molar-refractivity contribution in [3.63, 3.8) is 0 Å². The Labute approximate surface area is 85.6 Å². The Morgan fingerprint density at radius 3 is 3.23 bits per heavy atom. The van der Waals surface area contributed by atoms with Gasteiger partial charge in [-0.25, -0.2) is 4.98 Å². The third-order valence-electron chi connectivity index (χ3n) is 1.77. The average molecular weight is 210 g/mol. The molecule has 0 saturated carbocycles. The maximum atomic E-state index is 4.25. The topological polar surface area (TPSA) is 17.8 Å². The number of imidazole rings is 1. The van der Waals surface area contributed by atoms with Gasteiger partial charge in [-0.05, 0) is 17.7 Å². The zero-order valence-corrected chi connectivity index (χ0v) is 8.94. The van der Waals surface area contributed by atoms with Crippen molar-refractivity contribution in [2.75, 3.05) is 6.26 Å². The first-order chi connectivity index (χ1) is 6.40. The van der Waals surface area contributed by atoms with Crippen LogP contribution in [0.15, 0.2) is 35.1 Å². The fourth-order valence-corrected chi connectivity index (χ4v) is 2.41. The van der Waals surface area contributed by atoms with Gasteiger partial charge in [0.1, 0.15) is 0 Å². The van der Waals surface area contributed by atoms with E-state index in [9.17, 15) is 0 Å². The molecule has 0 unspecified atom stereocenters. The molecule has 0 aliphatic heterocycles. The summed E-state index contributed by atoms with van der Waals surface area (Å²) in [5, 5.41) is 3.18. The summed E-state index contributed by atoms with van der Waals surface area (Å²) in [7, 11) is 0. The molecule has 0 aliphatic carbocycles. The van der Waals surface area contributed by atoms with E-state index in [0.717, 1.165) is 11.7 Å². The molecular formula is C9H10N2S2. The largest absolute Gasteiger partial charge is 0.321 e. The van der Waals surface area contributed by atoms with Crippen molar-refractivity contribution in [3.05, 3.63) is 34.8 Å². The number of thiophene rings is 1. The lowest BCUT2D eigenvalue weighted by Gasteiger charge is -2.02. The molecule has 2 heterocycles. The number of aromatic nitrogens is 2. The second-order valence-corrected chi connectivity index (χ2v) is 4.43. The highest BCUT2D eigenvalue weighted by atomic mass is 32.2. The first-order valence-corrected chi connectivity index (χ1v) is 6.08. The van der Waals surface area contributed by atoms with Gasteiger partial charge in [-0.3, -0.25) is 0 Å². The van der Waals surface area contributed by atoms with Crippen molar-refractivity contribution < 1.29 is 0 Å². The van der Waals surface area contributed by atoms with Gasteiger partial charge >= 0.3 is 0 Å². The molecule has 0 amide bonds. The van der Waals surface area contributed by atoms with E-state index in [0.29, 0.717) is 0 Å². The fourth-order valence-electron chi connectivity index (χ4n) is 1.18. The van der Waals surface area contributed by atoms with E-state index in [4.69, 9.17) is 0 Å². The number of rotatable bonds is 3. The van der Waals surface area contributed by atoms with Crippen molar-refractivity contribution in [1.82, 2.24) is 9.55 Å². The molecule has 0 aromatic carbocycles. The standard InChI is InChI=1S/C9H10N2S2/c1-12-9-10-4-5-11(9)7-8-3-2-6-13-8/h2-6H,7H2,1H3. The maximum absolute atomic E-state index is 4.25. The predicted molar refractivity (Wildman–Crippen MR) is 57.4 cm³/mol. The van der Waals surface area contributed by atoms with Crippen LogP contribution < -0.4 is 0 Å². The van der Waals surface area contributed by atoms with Crippen LogP contribution in [0, 0.1) is 0 Å². The Balaban J connectivity index is 2.18. The Hall–Kier alpha value is -0.740. The second kappa shape index (κ2) is 3.98. The van der Waals surface area contributed by atoms with E-state index in [-0.39, 0.29) is 0 Å². The second-order valence-electron chi connectivity index (χ2n) is 2.62. The average Bonchev–Trinajstić information content (AvgIpc) is 2.76. The Morgan fingerprint density at radius 1 is 1.62 bits per heavy atom.